The maximum atomic E-state index is 12.3. The van der Waals surface area contributed by atoms with E-state index in [9.17, 15) is 30.0 Å². The van der Waals surface area contributed by atoms with Crippen molar-refractivity contribution in [2.45, 2.75) is 45.3 Å². The quantitative estimate of drug-likeness (QED) is 0.215. The average molecular weight is 353 g/mol. The van der Waals surface area contributed by atoms with E-state index in [1.54, 1.807) is 0 Å². The van der Waals surface area contributed by atoms with Gasteiger partial charge in [-0.25, -0.2) is 0 Å². The van der Waals surface area contributed by atoms with Crippen LogP contribution in [-0.4, -0.2) is 52.2 Å². The highest BCUT2D eigenvalue weighted by Crippen LogP contribution is 2.07. The topological polar surface area (TPSA) is 146 Å². The zero-order valence-corrected chi connectivity index (χ0v) is 14.4. The Morgan fingerprint density at radius 2 is 1.88 bits per heavy atom. The van der Waals surface area contributed by atoms with Crippen LogP contribution in [0.3, 0.4) is 0 Å². The van der Waals surface area contributed by atoms with Gasteiger partial charge < -0.3 is 31.0 Å². The third kappa shape index (κ3) is 6.33. The number of hydrogen-bond acceptors (Lipinski definition) is 6. The maximum Gasteiger partial charge on any atom is 0.475 e. The number of nitrogens with zero attached hydrogens (tertiary/aromatic N) is 1. The molecule has 1 heterocycles. The summed E-state index contributed by atoms with van der Waals surface area (Å²) in [5.74, 6) is -2.49. The zero-order chi connectivity index (χ0) is 19.1. The van der Waals surface area contributed by atoms with E-state index in [2.05, 4.69) is 10.6 Å². The number of rotatable bonds is 8. The molecule has 5 N–H and O–H groups in total. The highest BCUT2D eigenvalue weighted by Gasteiger charge is 2.33. The van der Waals surface area contributed by atoms with Crippen molar-refractivity contribution in [2.24, 2.45) is 5.92 Å². The first-order chi connectivity index (χ1) is 11.6. The number of aromatic nitrogens is 1. The number of nitrogens with one attached hydrogen (secondary N) is 2. The third-order valence-electron chi connectivity index (χ3n) is 3.52. The van der Waals surface area contributed by atoms with Gasteiger partial charge in [0, 0.05) is 12.1 Å². The normalized spacial score (nSPS) is 14.5. The summed E-state index contributed by atoms with van der Waals surface area (Å²) in [5.41, 5.74) is -0.234. The number of pyridine rings is 1. The van der Waals surface area contributed by atoms with Crippen molar-refractivity contribution in [3.63, 3.8) is 0 Å². The SMILES string of the molecule is CC(C)C[C@H](NC(=O)[C@@H](NC(=O)c1cccc[n+]1[O-])[C@@H](C)O)B(O)O. The number of carbonyl (C=O) groups is 2. The largest absolute Gasteiger partial charge is 0.618 e. The van der Waals surface area contributed by atoms with Gasteiger partial charge in [-0.1, -0.05) is 13.8 Å². The van der Waals surface area contributed by atoms with Crippen molar-refractivity contribution in [3.05, 3.63) is 35.3 Å². The molecule has 0 bridgehead atoms. The van der Waals surface area contributed by atoms with Crippen LogP contribution < -0.4 is 15.4 Å². The van der Waals surface area contributed by atoms with Crippen molar-refractivity contribution >= 4 is 18.9 Å². The number of aliphatic hydroxyl groups excluding tert-OH is 1. The van der Waals surface area contributed by atoms with Crippen LogP contribution in [0.1, 0.15) is 37.7 Å². The first-order valence-electron chi connectivity index (χ1n) is 7.97. The summed E-state index contributed by atoms with van der Waals surface area (Å²) in [4.78, 5) is 24.5. The molecule has 0 saturated heterocycles. The molecule has 1 rings (SSSR count). The van der Waals surface area contributed by atoms with E-state index < -0.39 is 37.0 Å². The van der Waals surface area contributed by atoms with Gasteiger partial charge in [-0.3, -0.25) is 9.59 Å². The molecule has 9 nitrogen and oxygen atoms in total. The highest BCUT2D eigenvalue weighted by atomic mass is 16.5. The summed E-state index contributed by atoms with van der Waals surface area (Å²) in [6.07, 6.45) is 0.166. The molecule has 10 heteroatoms. The van der Waals surface area contributed by atoms with Crippen molar-refractivity contribution in [3.8, 4) is 0 Å². The Bertz CT molecular complexity index is 596. The Balaban J connectivity index is 2.86. The minimum atomic E-state index is -1.78. The lowest BCUT2D eigenvalue weighted by Crippen LogP contribution is -2.58. The van der Waals surface area contributed by atoms with E-state index in [1.807, 2.05) is 13.8 Å². The van der Waals surface area contributed by atoms with Crippen LogP contribution in [0.2, 0.25) is 0 Å². The second kappa shape index (κ2) is 9.35. The minimum Gasteiger partial charge on any atom is -0.618 e. The number of amides is 2. The highest BCUT2D eigenvalue weighted by molar-refractivity contribution is 6.43. The van der Waals surface area contributed by atoms with Crippen molar-refractivity contribution < 1.29 is 29.5 Å². The maximum absolute atomic E-state index is 12.3. The van der Waals surface area contributed by atoms with Gasteiger partial charge in [0.05, 0.1) is 12.0 Å². The van der Waals surface area contributed by atoms with Gasteiger partial charge in [0.1, 0.15) is 6.04 Å². The molecule has 0 unspecified atom stereocenters. The molecule has 25 heavy (non-hydrogen) atoms. The molecule has 2 amide bonds. The van der Waals surface area contributed by atoms with Crippen LogP contribution in [0, 0.1) is 11.1 Å². The van der Waals surface area contributed by atoms with Crippen LogP contribution in [0.15, 0.2) is 24.4 Å². The van der Waals surface area contributed by atoms with Crippen molar-refractivity contribution in [1.82, 2.24) is 10.6 Å². The zero-order valence-electron chi connectivity index (χ0n) is 14.4. The van der Waals surface area contributed by atoms with E-state index in [4.69, 9.17) is 0 Å². The Labute approximate surface area is 146 Å². The molecule has 0 aliphatic heterocycles. The molecule has 0 radical (unpaired) electrons. The van der Waals surface area contributed by atoms with Crippen LogP contribution in [-0.2, 0) is 4.79 Å². The second-order valence-corrected chi connectivity index (χ2v) is 6.26. The molecule has 0 fully saturated rings. The van der Waals surface area contributed by atoms with E-state index in [0.29, 0.717) is 11.2 Å². The molecule has 3 atom stereocenters. The molecule has 1 aromatic heterocycles. The van der Waals surface area contributed by atoms with Crippen LogP contribution in [0.4, 0.5) is 0 Å². The molecular formula is C15H24BN3O6. The molecule has 1 aromatic rings. The molecular weight excluding hydrogens is 329 g/mol. The fourth-order valence-corrected chi connectivity index (χ4v) is 2.26. The predicted octanol–water partition coefficient (Wildman–Crippen LogP) is -1.66. The van der Waals surface area contributed by atoms with Gasteiger partial charge in [0.25, 0.3) is 5.69 Å². The van der Waals surface area contributed by atoms with E-state index in [-0.39, 0.29) is 11.6 Å². The Morgan fingerprint density at radius 3 is 2.36 bits per heavy atom. The molecule has 0 saturated carbocycles. The summed E-state index contributed by atoms with van der Waals surface area (Å²) in [6, 6.07) is 2.85. The number of aliphatic hydroxyl groups is 1. The third-order valence-corrected chi connectivity index (χ3v) is 3.52. The Hall–Kier alpha value is -2.17. The van der Waals surface area contributed by atoms with Crippen LogP contribution in [0.25, 0.3) is 0 Å². The van der Waals surface area contributed by atoms with Crippen molar-refractivity contribution in [1.29, 1.82) is 0 Å². The summed E-state index contributed by atoms with van der Waals surface area (Å²) in [5, 5.41) is 44.8. The van der Waals surface area contributed by atoms with Gasteiger partial charge in [0.15, 0.2) is 6.20 Å². The fraction of sp³-hybridized carbons (Fsp3) is 0.533. The average Bonchev–Trinajstić information content (AvgIpc) is 2.51. The van der Waals surface area contributed by atoms with Gasteiger partial charge in [-0.15, -0.1) is 0 Å². The monoisotopic (exact) mass is 353 g/mol. The molecule has 0 aliphatic rings. The minimum absolute atomic E-state index is 0.0791. The number of hydrogen-bond donors (Lipinski definition) is 5. The molecule has 0 aliphatic carbocycles. The standard InChI is InChI=1S/C15H24BN3O6/c1-9(2)8-12(16(23)24)17-15(22)13(10(3)20)18-14(21)11-6-4-5-7-19(11)25/h4-7,9-10,12-13,20,23-24H,8H2,1-3H3,(H,17,22)(H,18,21)/t10-,12+,13+/m1/s1. The second-order valence-electron chi connectivity index (χ2n) is 6.26. The van der Waals surface area contributed by atoms with Crippen LogP contribution in [0.5, 0.6) is 0 Å². The predicted molar refractivity (Wildman–Crippen MR) is 89.9 cm³/mol. The van der Waals surface area contributed by atoms with Gasteiger partial charge in [0.2, 0.25) is 5.91 Å². The number of carbonyl (C=O) groups excluding carboxylic acids is 2. The summed E-state index contributed by atoms with van der Waals surface area (Å²) >= 11 is 0. The first kappa shape index (κ1) is 20.9. The lowest BCUT2D eigenvalue weighted by molar-refractivity contribution is -0.607. The van der Waals surface area contributed by atoms with E-state index >= 15 is 0 Å². The molecule has 138 valence electrons. The lowest BCUT2D eigenvalue weighted by atomic mass is 9.75. The Morgan fingerprint density at radius 1 is 1.24 bits per heavy atom. The van der Waals surface area contributed by atoms with E-state index in [0.717, 1.165) is 6.20 Å². The first-order valence-corrected chi connectivity index (χ1v) is 7.97. The van der Waals surface area contributed by atoms with E-state index in [1.165, 1.54) is 25.1 Å². The lowest BCUT2D eigenvalue weighted by Gasteiger charge is -2.25. The van der Waals surface area contributed by atoms with Crippen LogP contribution >= 0.6 is 0 Å². The van der Waals surface area contributed by atoms with Gasteiger partial charge in [-0.2, -0.15) is 4.73 Å². The Kier molecular flexibility index (Phi) is 7.81. The summed E-state index contributed by atoms with van der Waals surface area (Å²) in [6.45, 7) is 4.99. The molecule has 0 aromatic carbocycles. The summed E-state index contributed by atoms with van der Waals surface area (Å²) < 4.78 is 0.339. The smallest absolute Gasteiger partial charge is 0.475 e. The fourth-order valence-electron chi connectivity index (χ4n) is 2.26. The molecule has 0 spiro atoms. The van der Waals surface area contributed by atoms with Crippen molar-refractivity contribution in [2.75, 3.05) is 0 Å². The summed E-state index contributed by atoms with van der Waals surface area (Å²) in [7, 11) is -1.78. The van der Waals surface area contributed by atoms with Gasteiger partial charge >= 0.3 is 13.0 Å². The van der Waals surface area contributed by atoms with Gasteiger partial charge in [-0.05, 0) is 25.3 Å².